The van der Waals surface area contributed by atoms with Crippen molar-refractivity contribution in [2.75, 3.05) is 5.75 Å². The number of rotatable bonds is 9. The number of unbranched alkanes of at least 4 members (excludes halogenated alkanes) is 5. The van der Waals surface area contributed by atoms with Gasteiger partial charge in [0.1, 0.15) is 5.75 Å². The number of thioether (sulfide) groups is 1. The van der Waals surface area contributed by atoms with Gasteiger partial charge in [0, 0.05) is 11.3 Å². The highest BCUT2D eigenvalue weighted by atomic mass is 32.2. The highest BCUT2D eigenvalue weighted by molar-refractivity contribution is 7.98. The molecule has 0 unspecified atom stereocenters. The number of phenolic OH excluding ortho intramolecular Hbond substituents is 1. The first-order valence-corrected chi connectivity index (χ1v) is 11.2. The average molecular weight is 365 g/mol. The highest BCUT2D eigenvalue weighted by Crippen LogP contribution is 2.39. The minimum atomic E-state index is -0.0377. The molecule has 2 heteroatoms. The Morgan fingerprint density at radius 1 is 0.840 bits per heavy atom. The second kappa shape index (κ2) is 9.90. The van der Waals surface area contributed by atoms with E-state index in [0.717, 1.165) is 16.9 Å². The van der Waals surface area contributed by atoms with Gasteiger partial charge in [-0.3, -0.25) is 0 Å². The molecule has 1 rings (SSSR count). The van der Waals surface area contributed by atoms with E-state index in [-0.39, 0.29) is 10.8 Å². The molecule has 1 N–H and O–H groups in total. The van der Waals surface area contributed by atoms with Gasteiger partial charge in [0.05, 0.1) is 0 Å². The van der Waals surface area contributed by atoms with E-state index in [1.165, 1.54) is 49.8 Å². The summed E-state index contributed by atoms with van der Waals surface area (Å²) in [6.07, 6.45) is 8.07. The lowest BCUT2D eigenvalue weighted by atomic mass is 9.79. The molecule has 0 fully saturated rings. The SMILES string of the molecule is CCCCCCCCSCc1cc(C(C)(C)C)cc(C(C)(C)C)c1O. The van der Waals surface area contributed by atoms with E-state index in [4.69, 9.17) is 0 Å². The molecule has 0 aliphatic carbocycles. The van der Waals surface area contributed by atoms with Gasteiger partial charge in [0.2, 0.25) is 0 Å². The number of phenols is 1. The Hall–Kier alpha value is -0.630. The van der Waals surface area contributed by atoms with Gasteiger partial charge < -0.3 is 5.11 Å². The first-order chi connectivity index (χ1) is 11.6. The molecule has 0 saturated carbocycles. The van der Waals surface area contributed by atoms with Crippen LogP contribution in [0.15, 0.2) is 12.1 Å². The maximum atomic E-state index is 10.8. The monoisotopic (exact) mass is 364 g/mol. The molecule has 144 valence electrons. The normalized spacial score (nSPS) is 12.6. The summed E-state index contributed by atoms with van der Waals surface area (Å²) in [4.78, 5) is 0. The lowest BCUT2D eigenvalue weighted by Crippen LogP contribution is -2.17. The zero-order valence-electron chi connectivity index (χ0n) is 17.7. The summed E-state index contributed by atoms with van der Waals surface area (Å²) >= 11 is 1.96. The van der Waals surface area contributed by atoms with Gasteiger partial charge in [0.25, 0.3) is 0 Å². The fraction of sp³-hybridized carbons (Fsp3) is 0.739. The Morgan fingerprint density at radius 2 is 1.44 bits per heavy atom. The van der Waals surface area contributed by atoms with Crippen LogP contribution in [0.1, 0.15) is 104 Å². The fourth-order valence-corrected chi connectivity index (χ4v) is 3.97. The highest BCUT2D eigenvalue weighted by Gasteiger charge is 2.24. The van der Waals surface area contributed by atoms with E-state index >= 15 is 0 Å². The van der Waals surface area contributed by atoms with E-state index in [1.807, 2.05) is 11.8 Å². The third-order valence-electron chi connectivity index (χ3n) is 4.76. The van der Waals surface area contributed by atoms with Gasteiger partial charge in [-0.15, -0.1) is 0 Å². The van der Waals surface area contributed by atoms with Gasteiger partial charge >= 0.3 is 0 Å². The van der Waals surface area contributed by atoms with Crippen molar-refractivity contribution in [1.82, 2.24) is 0 Å². The van der Waals surface area contributed by atoms with Crippen molar-refractivity contribution in [3.8, 4) is 5.75 Å². The third kappa shape index (κ3) is 7.64. The number of hydrogen-bond acceptors (Lipinski definition) is 2. The van der Waals surface area contributed by atoms with Crippen molar-refractivity contribution in [2.24, 2.45) is 0 Å². The molecule has 1 aromatic rings. The van der Waals surface area contributed by atoms with Crippen LogP contribution in [0.4, 0.5) is 0 Å². The molecule has 0 aromatic heterocycles. The standard InChI is InChI=1S/C23H40OS/c1-8-9-10-11-12-13-14-25-17-18-15-19(22(2,3)4)16-20(21(18)24)23(5,6)7/h15-16,24H,8-14,17H2,1-7H3. The van der Waals surface area contributed by atoms with E-state index in [1.54, 1.807) is 0 Å². The summed E-state index contributed by atoms with van der Waals surface area (Å²) < 4.78 is 0. The quantitative estimate of drug-likeness (QED) is 0.456. The van der Waals surface area contributed by atoms with E-state index in [2.05, 4.69) is 60.6 Å². The van der Waals surface area contributed by atoms with Gasteiger partial charge in [0.15, 0.2) is 0 Å². The summed E-state index contributed by atoms with van der Waals surface area (Å²) in [6, 6.07) is 4.43. The molecule has 0 spiro atoms. The second-order valence-electron chi connectivity index (χ2n) is 9.35. The third-order valence-corrected chi connectivity index (χ3v) is 5.86. The van der Waals surface area contributed by atoms with Crippen LogP contribution in [-0.2, 0) is 16.6 Å². The molecule has 0 saturated heterocycles. The number of benzene rings is 1. The van der Waals surface area contributed by atoms with E-state index in [9.17, 15) is 5.11 Å². The Balaban J connectivity index is 2.72. The molecule has 1 nitrogen and oxygen atoms in total. The molecule has 0 aliphatic heterocycles. The topological polar surface area (TPSA) is 20.2 Å². The van der Waals surface area contributed by atoms with Gasteiger partial charge in [-0.1, -0.05) is 92.7 Å². The first kappa shape index (κ1) is 22.4. The van der Waals surface area contributed by atoms with Crippen LogP contribution in [0.3, 0.4) is 0 Å². The molecule has 0 heterocycles. The number of hydrogen-bond donors (Lipinski definition) is 1. The predicted octanol–water partition coefficient (Wildman–Crippen LogP) is 7.58. The van der Waals surface area contributed by atoms with Gasteiger partial charge in [-0.25, -0.2) is 0 Å². The van der Waals surface area contributed by atoms with Crippen molar-refractivity contribution in [3.05, 3.63) is 28.8 Å². The maximum Gasteiger partial charge on any atom is 0.123 e. The van der Waals surface area contributed by atoms with Crippen LogP contribution in [0.25, 0.3) is 0 Å². The summed E-state index contributed by atoms with van der Waals surface area (Å²) in [5.74, 6) is 2.61. The molecule has 0 radical (unpaired) electrons. The van der Waals surface area contributed by atoms with Crippen molar-refractivity contribution >= 4 is 11.8 Å². The largest absolute Gasteiger partial charge is 0.507 e. The fourth-order valence-electron chi connectivity index (χ4n) is 2.98. The van der Waals surface area contributed by atoms with Gasteiger partial charge in [-0.05, 0) is 34.1 Å². The van der Waals surface area contributed by atoms with Crippen molar-refractivity contribution in [2.45, 2.75) is 104 Å². The van der Waals surface area contributed by atoms with Crippen molar-refractivity contribution in [1.29, 1.82) is 0 Å². The van der Waals surface area contributed by atoms with Crippen molar-refractivity contribution < 1.29 is 5.11 Å². The minimum Gasteiger partial charge on any atom is -0.507 e. The molecule has 0 amide bonds. The lowest BCUT2D eigenvalue weighted by Gasteiger charge is -2.27. The summed E-state index contributed by atoms with van der Waals surface area (Å²) in [7, 11) is 0. The Bertz CT molecular complexity index is 520. The molecule has 1 aromatic carbocycles. The molecular formula is C23H40OS. The van der Waals surface area contributed by atoms with Crippen LogP contribution >= 0.6 is 11.8 Å². The summed E-state index contributed by atoms with van der Waals surface area (Å²) in [6.45, 7) is 15.6. The molecule has 25 heavy (non-hydrogen) atoms. The number of aromatic hydroxyl groups is 1. The van der Waals surface area contributed by atoms with Crippen LogP contribution in [0.5, 0.6) is 5.75 Å². The van der Waals surface area contributed by atoms with Crippen LogP contribution in [-0.4, -0.2) is 10.9 Å². The summed E-state index contributed by atoms with van der Waals surface area (Å²) in [5, 5.41) is 10.8. The Kier molecular flexibility index (Phi) is 8.87. The van der Waals surface area contributed by atoms with Crippen LogP contribution in [0.2, 0.25) is 0 Å². The van der Waals surface area contributed by atoms with E-state index < -0.39 is 0 Å². The maximum absolute atomic E-state index is 10.8. The Labute approximate surface area is 161 Å². The first-order valence-electron chi connectivity index (χ1n) is 10.0. The minimum absolute atomic E-state index is 0.0377. The summed E-state index contributed by atoms with van der Waals surface area (Å²) in [5.41, 5.74) is 3.57. The Morgan fingerprint density at radius 3 is 2.00 bits per heavy atom. The molecule has 0 atom stereocenters. The van der Waals surface area contributed by atoms with E-state index in [0.29, 0.717) is 5.75 Å². The molecule has 0 bridgehead atoms. The zero-order chi connectivity index (χ0) is 19.1. The predicted molar refractivity (Wildman–Crippen MR) is 115 cm³/mol. The molecular weight excluding hydrogens is 324 g/mol. The van der Waals surface area contributed by atoms with Crippen molar-refractivity contribution in [3.63, 3.8) is 0 Å². The zero-order valence-corrected chi connectivity index (χ0v) is 18.5. The second-order valence-corrected chi connectivity index (χ2v) is 10.5. The van der Waals surface area contributed by atoms with Gasteiger partial charge in [-0.2, -0.15) is 11.8 Å². The lowest BCUT2D eigenvalue weighted by molar-refractivity contribution is 0.440. The molecule has 0 aliphatic rings. The van der Waals surface area contributed by atoms with Crippen LogP contribution in [0, 0.1) is 0 Å². The smallest absolute Gasteiger partial charge is 0.123 e. The average Bonchev–Trinajstić information content (AvgIpc) is 2.49. The van der Waals surface area contributed by atoms with Crippen LogP contribution < -0.4 is 0 Å².